The molecule has 23 heavy (non-hydrogen) atoms. The number of rotatable bonds is 4. The van der Waals surface area contributed by atoms with Gasteiger partial charge in [-0.1, -0.05) is 5.16 Å². The lowest BCUT2D eigenvalue weighted by molar-refractivity contribution is 0.414. The van der Waals surface area contributed by atoms with E-state index in [9.17, 15) is 0 Å². The standard InChI is InChI=1S/C18H18N2O3/c1-11-9-15(22-4)10-12(2)16(11)17-19-18(23-20-17)13-5-7-14(21-3)8-6-13/h5-10H,1-4H3. The van der Waals surface area contributed by atoms with Gasteiger partial charge >= 0.3 is 0 Å². The minimum absolute atomic E-state index is 0.484. The van der Waals surface area contributed by atoms with Crippen molar-refractivity contribution in [3.63, 3.8) is 0 Å². The number of ether oxygens (including phenoxy) is 2. The summed E-state index contributed by atoms with van der Waals surface area (Å²) < 4.78 is 15.9. The van der Waals surface area contributed by atoms with Crippen LogP contribution in [0.3, 0.4) is 0 Å². The van der Waals surface area contributed by atoms with Gasteiger partial charge in [0, 0.05) is 11.1 Å². The number of hydrogen-bond donors (Lipinski definition) is 0. The predicted octanol–water partition coefficient (Wildman–Crippen LogP) is 4.04. The van der Waals surface area contributed by atoms with Crippen molar-refractivity contribution in [2.45, 2.75) is 13.8 Å². The summed E-state index contributed by atoms with van der Waals surface area (Å²) in [5, 5.41) is 4.12. The molecule has 1 aromatic heterocycles. The van der Waals surface area contributed by atoms with Crippen LogP contribution in [0.5, 0.6) is 11.5 Å². The van der Waals surface area contributed by atoms with Gasteiger partial charge in [-0.3, -0.25) is 0 Å². The summed E-state index contributed by atoms with van der Waals surface area (Å²) in [6.45, 7) is 4.02. The summed E-state index contributed by atoms with van der Waals surface area (Å²) >= 11 is 0. The molecule has 0 aliphatic rings. The van der Waals surface area contributed by atoms with Crippen molar-refractivity contribution < 1.29 is 14.0 Å². The second-order valence-electron chi connectivity index (χ2n) is 5.29. The van der Waals surface area contributed by atoms with Gasteiger partial charge in [0.2, 0.25) is 5.82 Å². The summed E-state index contributed by atoms with van der Waals surface area (Å²) in [7, 11) is 3.29. The van der Waals surface area contributed by atoms with Gasteiger partial charge in [-0.2, -0.15) is 4.98 Å². The molecule has 0 atom stereocenters. The monoisotopic (exact) mass is 310 g/mol. The maximum absolute atomic E-state index is 5.41. The molecule has 0 saturated heterocycles. The quantitative estimate of drug-likeness (QED) is 0.728. The number of aromatic nitrogens is 2. The normalized spacial score (nSPS) is 10.6. The van der Waals surface area contributed by atoms with E-state index in [0.29, 0.717) is 11.7 Å². The maximum Gasteiger partial charge on any atom is 0.258 e. The minimum Gasteiger partial charge on any atom is -0.497 e. The van der Waals surface area contributed by atoms with Crippen molar-refractivity contribution in [1.29, 1.82) is 0 Å². The van der Waals surface area contributed by atoms with E-state index in [4.69, 9.17) is 14.0 Å². The van der Waals surface area contributed by atoms with E-state index in [1.165, 1.54) is 0 Å². The molecule has 118 valence electrons. The van der Waals surface area contributed by atoms with Crippen LogP contribution in [0.4, 0.5) is 0 Å². The van der Waals surface area contributed by atoms with Gasteiger partial charge in [-0.15, -0.1) is 0 Å². The van der Waals surface area contributed by atoms with Gasteiger partial charge in [0.05, 0.1) is 14.2 Å². The third kappa shape index (κ3) is 2.90. The minimum atomic E-state index is 0.484. The summed E-state index contributed by atoms with van der Waals surface area (Å²) in [5.74, 6) is 2.67. The molecule has 2 aromatic carbocycles. The summed E-state index contributed by atoms with van der Waals surface area (Å²) in [6.07, 6.45) is 0. The Balaban J connectivity index is 1.98. The highest BCUT2D eigenvalue weighted by molar-refractivity contribution is 5.67. The molecule has 3 rings (SSSR count). The van der Waals surface area contributed by atoms with E-state index in [-0.39, 0.29) is 0 Å². The molecule has 0 bridgehead atoms. The Morgan fingerprint density at radius 3 is 2.04 bits per heavy atom. The highest BCUT2D eigenvalue weighted by Gasteiger charge is 2.15. The van der Waals surface area contributed by atoms with Gasteiger partial charge in [0.15, 0.2) is 0 Å². The fourth-order valence-corrected chi connectivity index (χ4v) is 2.57. The molecule has 0 unspecified atom stereocenters. The van der Waals surface area contributed by atoms with E-state index in [1.54, 1.807) is 14.2 Å². The van der Waals surface area contributed by atoms with Crippen molar-refractivity contribution in [2.24, 2.45) is 0 Å². The molecule has 0 N–H and O–H groups in total. The fraction of sp³-hybridized carbons (Fsp3) is 0.222. The first-order valence-corrected chi connectivity index (χ1v) is 7.26. The molecule has 0 fully saturated rings. The van der Waals surface area contributed by atoms with Gasteiger partial charge < -0.3 is 14.0 Å². The van der Waals surface area contributed by atoms with E-state index in [1.807, 2.05) is 50.2 Å². The number of benzene rings is 2. The van der Waals surface area contributed by atoms with Gasteiger partial charge in [-0.25, -0.2) is 0 Å². The third-order valence-electron chi connectivity index (χ3n) is 3.73. The molecule has 0 spiro atoms. The number of hydrogen-bond acceptors (Lipinski definition) is 5. The smallest absolute Gasteiger partial charge is 0.258 e. The zero-order valence-corrected chi connectivity index (χ0v) is 13.6. The van der Waals surface area contributed by atoms with Gasteiger partial charge in [-0.05, 0) is 61.4 Å². The second-order valence-corrected chi connectivity index (χ2v) is 5.29. The average Bonchev–Trinajstić information content (AvgIpc) is 3.03. The zero-order chi connectivity index (χ0) is 16.4. The molecule has 1 heterocycles. The van der Waals surface area contributed by atoms with Gasteiger partial charge in [0.25, 0.3) is 5.89 Å². The number of methoxy groups -OCH3 is 2. The molecule has 3 aromatic rings. The Hall–Kier alpha value is -2.82. The highest BCUT2D eigenvalue weighted by atomic mass is 16.5. The van der Waals surface area contributed by atoms with E-state index < -0.39 is 0 Å². The molecule has 5 heteroatoms. The van der Waals surface area contributed by atoms with Crippen LogP contribution < -0.4 is 9.47 Å². The summed E-state index contributed by atoms with van der Waals surface area (Å²) in [6, 6.07) is 11.4. The fourth-order valence-electron chi connectivity index (χ4n) is 2.57. The molecule has 0 saturated carbocycles. The molecule has 0 radical (unpaired) electrons. The van der Waals surface area contributed by atoms with Crippen LogP contribution in [0.1, 0.15) is 11.1 Å². The Morgan fingerprint density at radius 1 is 0.870 bits per heavy atom. The highest BCUT2D eigenvalue weighted by Crippen LogP contribution is 2.30. The lowest BCUT2D eigenvalue weighted by Gasteiger charge is -2.08. The lowest BCUT2D eigenvalue weighted by atomic mass is 10.0. The predicted molar refractivity (Wildman–Crippen MR) is 87.7 cm³/mol. The Morgan fingerprint density at radius 2 is 1.48 bits per heavy atom. The van der Waals surface area contributed by atoms with Crippen molar-refractivity contribution >= 4 is 0 Å². The molecular weight excluding hydrogens is 292 g/mol. The third-order valence-corrected chi connectivity index (χ3v) is 3.73. The van der Waals surface area contributed by atoms with Crippen LogP contribution >= 0.6 is 0 Å². The SMILES string of the molecule is COc1ccc(-c2nc(-c3c(C)cc(OC)cc3C)no2)cc1. The van der Waals surface area contributed by atoms with Gasteiger partial charge in [0.1, 0.15) is 11.5 Å². The maximum atomic E-state index is 5.41. The molecule has 0 aliphatic carbocycles. The molecule has 0 amide bonds. The van der Waals surface area contributed by atoms with Crippen LogP contribution in [0.15, 0.2) is 40.9 Å². The number of nitrogens with zero attached hydrogens (tertiary/aromatic N) is 2. The molecule has 0 aliphatic heterocycles. The van der Waals surface area contributed by atoms with Crippen molar-refractivity contribution in [1.82, 2.24) is 10.1 Å². The second kappa shape index (κ2) is 6.12. The molecule has 5 nitrogen and oxygen atoms in total. The van der Waals surface area contributed by atoms with Crippen LogP contribution in [-0.2, 0) is 0 Å². The zero-order valence-electron chi connectivity index (χ0n) is 13.6. The van der Waals surface area contributed by atoms with Crippen LogP contribution in [0.25, 0.3) is 22.8 Å². The molecular formula is C18H18N2O3. The van der Waals surface area contributed by atoms with Crippen LogP contribution in [0, 0.1) is 13.8 Å². The topological polar surface area (TPSA) is 57.4 Å². The van der Waals surface area contributed by atoms with Crippen LogP contribution in [-0.4, -0.2) is 24.4 Å². The van der Waals surface area contributed by atoms with Crippen LogP contribution in [0.2, 0.25) is 0 Å². The average molecular weight is 310 g/mol. The Bertz CT molecular complexity index is 800. The van der Waals surface area contributed by atoms with E-state index in [2.05, 4.69) is 10.1 Å². The van der Waals surface area contributed by atoms with Crippen molar-refractivity contribution in [2.75, 3.05) is 14.2 Å². The lowest BCUT2D eigenvalue weighted by Crippen LogP contribution is -1.93. The summed E-state index contributed by atoms with van der Waals surface area (Å²) in [5.41, 5.74) is 3.91. The van der Waals surface area contributed by atoms with E-state index >= 15 is 0 Å². The first-order chi connectivity index (χ1) is 11.1. The van der Waals surface area contributed by atoms with Crippen molar-refractivity contribution in [3.8, 4) is 34.3 Å². The Kier molecular flexibility index (Phi) is 4.02. The summed E-state index contributed by atoms with van der Waals surface area (Å²) in [4.78, 5) is 4.52. The first-order valence-electron chi connectivity index (χ1n) is 7.26. The first kappa shape index (κ1) is 15.1. The number of aryl methyl sites for hydroxylation is 2. The Labute approximate surface area is 134 Å². The van der Waals surface area contributed by atoms with Crippen molar-refractivity contribution in [3.05, 3.63) is 47.5 Å². The largest absolute Gasteiger partial charge is 0.497 e. The van der Waals surface area contributed by atoms with E-state index in [0.717, 1.165) is 33.8 Å².